The summed E-state index contributed by atoms with van der Waals surface area (Å²) in [5.74, 6) is -0.573. The summed E-state index contributed by atoms with van der Waals surface area (Å²) >= 11 is 0. The monoisotopic (exact) mass is 361 g/mol. The van der Waals surface area contributed by atoms with E-state index in [0.717, 1.165) is 6.07 Å². The first-order valence-corrected chi connectivity index (χ1v) is 7.25. The molecule has 2 rings (SSSR count). The molecule has 1 amide bonds. The lowest BCUT2D eigenvalue weighted by Crippen LogP contribution is -2.14. The zero-order valence-electron chi connectivity index (χ0n) is 14.1. The number of rotatable bonds is 6. The maximum absolute atomic E-state index is 12.5. The number of nitro benzene ring substituents is 2. The summed E-state index contributed by atoms with van der Waals surface area (Å²) in [4.78, 5) is 33.5. The van der Waals surface area contributed by atoms with Crippen molar-refractivity contribution in [2.75, 3.05) is 19.5 Å². The van der Waals surface area contributed by atoms with Gasteiger partial charge in [-0.2, -0.15) is 0 Å². The fourth-order valence-corrected chi connectivity index (χ4v) is 2.28. The minimum atomic E-state index is -0.809. The Bertz CT molecular complexity index is 896. The van der Waals surface area contributed by atoms with Gasteiger partial charge in [0, 0.05) is 23.4 Å². The fourth-order valence-electron chi connectivity index (χ4n) is 2.28. The van der Waals surface area contributed by atoms with Gasteiger partial charge in [0.1, 0.15) is 5.56 Å². The highest BCUT2D eigenvalue weighted by Gasteiger charge is 2.25. The molecule has 0 fully saturated rings. The molecule has 0 heterocycles. The maximum atomic E-state index is 12.5. The number of hydrogen-bond acceptors (Lipinski definition) is 7. The Morgan fingerprint density at radius 1 is 0.962 bits per heavy atom. The third-order valence-corrected chi connectivity index (χ3v) is 3.61. The molecule has 0 saturated heterocycles. The minimum Gasteiger partial charge on any atom is -0.493 e. The van der Waals surface area contributed by atoms with E-state index in [4.69, 9.17) is 9.47 Å². The predicted octanol–water partition coefficient (Wildman–Crippen LogP) is 3.08. The van der Waals surface area contributed by atoms with E-state index in [2.05, 4.69) is 5.32 Å². The Labute approximate surface area is 147 Å². The Morgan fingerprint density at radius 3 is 2.08 bits per heavy atom. The highest BCUT2D eigenvalue weighted by molar-refractivity contribution is 6.07. The highest BCUT2D eigenvalue weighted by atomic mass is 16.6. The quantitative estimate of drug-likeness (QED) is 0.617. The largest absolute Gasteiger partial charge is 0.493 e. The van der Waals surface area contributed by atoms with Crippen LogP contribution in [0.15, 0.2) is 30.3 Å². The van der Waals surface area contributed by atoms with Gasteiger partial charge >= 0.3 is 0 Å². The molecule has 136 valence electrons. The van der Waals surface area contributed by atoms with Gasteiger partial charge in [-0.3, -0.25) is 25.0 Å². The number of nitrogens with one attached hydrogen (secondary N) is 1. The van der Waals surface area contributed by atoms with Crippen molar-refractivity contribution in [1.29, 1.82) is 0 Å². The second-order valence-corrected chi connectivity index (χ2v) is 5.19. The van der Waals surface area contributed by atoms with Crippen molar-refractivity contribution in [1.82, 2.24) is 0 Å². The molecule has 0 saturated carbocycles. The van der Waals surface area contributed by atoms with Crippen molar-refractivity contribution in [3.63, 3.8) is 0 Å². The third-order valence-electron chi connectivity index (χ3n) is 3.61. The number of amides is 1. The lowest BCUT2D eigenvalue weighted by Gasteiger charge is -2.11. The number of benzene rings is 2. The van der Waals surface area contributed by atoms with Crippen LogP contribution in [0.3, 0.4) is 0 Å². The summed E-state index contributed by atoms with van der Waals surface area (Å²) < 4.78 is 10.1. The van der Waals surface area contributed by atoms with E-state index < -0.39 is 21.4 Å². The van der Waals surface area contributed by atoms with Crippen molar-refractivity contribution in [2.24, 2.45) is 0 Å². The average Bonchev–Trinajstić information content (AvgIpc) is 2.61. The van der Waals surface area contributed by atoms with Crippen molar-refractivity contribution in [3.8, 4) is 11.5 Å². The van der Waals surface area contributed by atoms with Crippen LogP contribution in [0.2, 0.25) is 0 Å². The molecule has 1 N–H and O–H groups in total. The molecule has 0 unspecified atom stereocenters. The second-order valence-electron chi connectivity index (χ2n) is 5.19. The van der Waals surface area contributed by atoms with Crippen molar-refractivity contribution in [3.05, 3.63) is 61.7 Å². The van der Waals surface area contributed by atoms with E-state index in [9.17, 15) is 25.0 Å². The number of aryl methyl sites for hydroxylation is 1. The summed E-state index contributed by atoms with van der Waals surface area (Å²) in [5.41, 5.74) is -0.372. The minimum absolute atomic E-state index is 0.0988. The van der Waals surface area contributed by atoms with E-state index >= 15 is 0 Å². The van der Waals surface area contributed by atoms with E-state index in [-0.39, 0.29) is 28.4 Å². The molecule has 0 bridgehead atoms. The fraction of sp³-hybridized carbons (Fsp3) is 0.188. The van der Waals surface area contributed by atoms with E-state index in [1.54, 1.807) is 6.92 Å². The van der Waals surface area contributed by atoms with Crippen molar-refractivity contribution in [2.45, 2.75) is 6.92 Å². The van der Waals surface area contributed by atoms with Crippen LogP contribution in [-0.4, -0.2) is 30.0 Å². The van der Waals surface area contributed by atoms with Crippen LogP contribution in [0.5, 0.6) is 11.5 Å². The highest BCUT2D eigenvalue weighted by Crippen LogP contribution is 2.35. The standard InChI is InChI=1S/C16H15N3O7/c1-9-4-5-10(6-12(9)18(21)22)17-16(20)11-7-14(25-2)15(26-3)8-13(11)19(23)24/h4-8H,1-3H3,(H,17,20). The summed E-state index contributed by atoms with van der Waals surface area (Å²) in [6.07, 6.45) is 0. The van der Waals surface area contributed by atoms with Crippen LogP contribution in [0.1, 0.15) is 15.9 Å². The molecular formula is C16H15N3O7. The van der Waals surface area contributed by atoms with Gasteiger partial charge in [0.25, 0.3) is 17.3 Å². The Morgan fingerprint density at radius 2 is 1.54 bits per heavy atom. The number of carbonyl (C=O) groups excluding carboxylic acids is 1. The zero-order valence-corrected chi connectivity index (χ0v) is 14.1. The summed E-state index contributed by atoms with van der Waals surface area (Å²) in [6, 6.07) is 6.36. The first kappa shape index (κ1) is 18.6. The summed E-state index contributed by atoms with van der Waals surface area (Å²) in [7, 11) is 2.64. The molecule has 0 atom stereocenters. The number of methoxy groups -OCH3 is 2. The van der Waals surface area contributed by atoms with Crippen LogP contribution >= 0.6 is 0 Å². The van der Waals surface area contributed by atoms with E-state index in [0.29, 0.717) is 5.56 Å². The van der Waals surface area contributed by atoms with Gasteiger partial charge < -0.3 is 14.8 Å². The maximum Gasteiger partial charge on any atom is 0.286 e. The van der Waals surface area contributed by atoms with Gasteiger partial charge in [-0.15, -0.1) is 0 Å². The van der Waals surface area contributed by atoms with E-state index in [1.165, 1.54) is 38.5 Å². The number of ether oxygens (including phenoxy) is 2. The van der Waals surface area contributed by atoms with Crippen molar-refractivity contribution >= 4 is 23.0 Å². The number of nitrogens with zero attached hydrogens (tertiary/aromatic N) is 2. The summed E-state index contributed by atoms with van der Waals surface area (Å²) in [5, 5.41) is 24.7. The van der Waals surface area contributed by atoms with Crippen LogP contribution < -0.4 is 14.8 Å². The van der Waals surface area contributed by atoms with Crippen LogP contribution in [0.25, 0.3) is 0 Å². The number of hydrogen-bond donors (Lipinski definition) is 1. The second kappa shape index (κ2) is 7.47. The molecule has 0 aliphatic carbocycles. The molecule has 26 heavy (non-hydrogen) atoms. The topological polar surface area (TPSA) is 134 Å². The first-order chi connectivity index (χ1) is 12.3. The van der Waals surface area contributed by atoms with Gasteiger partial charge in [0.05, 0.1) is 30.1 Å². The van der Waals surface area contributed by atoms with Crippen LogP contribution in [-0.2, 0) is 0 Å². The first-order valence-electron chi connectivity index (χ1n) is 7.25. The van der Waals surface area contributed by atoms with Gasteiger partial charge in [0.2, 0.25) is 0 Å². The Balaban J connectivity index is 2.45. The molecule has 0 aliphatic heterocycles. The number of anilines is 1. The zero-order chi connectivity index (χ0) is 19.4. The lowest BCUT2D eigenvalue weighted by molar-refractivity contribution is -0.385. The number of carbonyl (C=O) groups is 1. The lowest BCUT2D eigenvalue weighted by atomic mass is 10.1. The SMILES string of the molecule is COc1cc(C(=O)Nc2ccc(C)c([N+](=O)[O-])c2)c([N+](=O)[O-])cc1OC. The molecule has 0 aromatic heterocycles. The van der Waals surface area contributed by atoms with Crippen LogP contribution in [0.4, 0.5) is 17.1 Å². The molecular weight excluding hydrogens is 346 g/mol. The molecule has 0 radical (unpaired) electrons. The smallest absolute Gasteiger partial charge is 0.286 e. The van der Waals surface area contributed by atoms with Crippen molar-refractivity contribution < 1.29 is 24.1 Å². The van der Waals surface area contributed by atoms with E-state index in [1.807, 2.05) is 0 Å². The van der Waals surface area contributed by atoms with Gasteiger partial charge in [-0.1, -0.05) is 6.07 Å². The molecule has 10 heteroatoms. The third kappa shape index (κ3) is 3.69. The summed E-state index contributed by atoms with van der Waals surface area (Å²) in [6.45, 7) is 1.56. The normalized spacial score (nSPS) is 10.1. The number of nitro groups is 2. The predicted molar refractivity (Wildman–Crippen MR) is 92.0 cm³/mol. The molecule has 2 aromatic carbocycles. The average molecular weight is 361 g/mol. The van der Waals surface area contributed by atoms with Gasteiger partial charge in [-0.25, -0.2) is 0 Å². The van der Waals surface area contributed by atoms with Gasteiger partial charge in [-0.05, 0) is 13.0 Å². The molecule has 0 spiro atoms. The molecule has 10 nitrogen and oxygen atoms in total. The molecule has 2 aromatic rings. The Hall–Kier alpha value is -3.69. The van der Waals surface area contributed by atoms with Gasteiger partial charge in [0.15, 0.2) is 11.5 Å². The molecule has 0 aliphatic rings. The Kier molecular flexibility index (Phi) is 5.36. The van der Waals surface area contributed by atoms with Crippen LogP contribution in [0, 0.1) is 27.2 Å².